The first-order valence-electron chi connectivity index (χ1n) is 10.3. The average Bonchev–Trinajstić information content (AvgIpc) is 3.22. The fourth-order valence-electron chi connectivity index (χ4n) is 3.21. The van der Waals surface area contributed by atoms with Crippen LogP contribution in [0.2, 0.25) is 0 Å². The number of aromatic nitrogens is 3. The van der Waals surface area contributed by atoms with E-state index < -0.39 is 0 Å². The highest BCUT2D eigenvalue weighted by atomic mass is 32.2. The van der Waals surface area contributed by atoms with Crippen LogP contribution in [0.4, 0.5) is 5.69 Å². The molecule has 1 amide bonds. The molecule has 6 nitrogen and oxygen atoms in total. The van der Waals surface area contributed by atoms with Crippen molar-refractivity contribution in [3.63, 3.8) is 0 Å². The quantitative estimate of drug-likeness (QED) is 0.379. The standard InChI is InChI=1S/C25H24N4O2S/c1-18-10-6-8-14-21(18)26-24(30)17-32-25-28-27-23(29(25)20-12-4-3-5-13-20)16-31-22-15-9-7-11-19(22)2/h3-15H,16-17H2,1-2H3,(H,26,30). The van der Waals surface area contributed by atoms with Crippen molar-refractivity contribution in [3.8, 4) is 11.4 Å². The predicted octanol–water partition coefficient (Wildman–Crippen LogP) is 5.19. The third kappa shape index (κ3) is 5.18. The number of rotatable bonds is 8. The maximum absolute atomic E-state index is 12.5. The minimum atomic E-state index is -0.0929. The van der Waals surface area contributed by atoms with Gasteiger partial charge in [0.1, 0.15) is 12.4 Å². The van der Waals surface area contributed by atoms with E-state index in [1.165, 1.54) is 11.8 Å². The number of carbonyl (C=O) groups is 1. The van der Waals surface area contributed by atoms with Crippen LogP contribution in [0.1, 0.15) is 17.0 Å². The number of nitrogens with zero attached hydrogens (tertiary/aromatic N) is 3. The largest absolute Gasteiger partial charge is 0.485 e. The second-order valence-electron chi connectivity index (χ2n) is 7.28. The van der Waals surface area contributed by atoms with Gasteiger partial charge in [0.2, 0.25) is 5.91 Å². The van der Waals surface area contributed by atoms with Crippen molar-refractivity contribution in [1.82, 2.24) is 14.8 Å². The third-order valence-electron chi connectivity index (χ3n) is 4.92. The molecule has 0 radical (unpaired) electrons. The molecular formula is C25H24N4O2S. The van der Waals surface area contributed by atoms with Gasteiger partial charge in [0, 0.05) is 11.4 Å². The van der Waals surface area contributed by atoms with Crippen molar-refractivity contribution in [3.05, 3.63) is 95.8 Å². The van der Waals surface area contributed by atoms with E-state index in [0.29, 0.717) is 11.0 Å². The highest BCUT2D eigenvalue weighted by molar-refractivity contribution is 7.99. The lowest BCUT2D eigenvalue weighted by atomic mass is 10.2. The molecule has 32 heavy (non-hydrogen) atoms. The number of ether oxygens (including phenoxy) is 1. The topological polar surface area (TPSA) is 69.0 Å². The van der Waals surface area contributed by atoms with Crippen LogP contribution in [0.3, 0.4) is 0 Å². The van der Waals surface area contributed by atoms with E-state index in [1.807, 2.05) is 97.3 Å². The van der Waals surface area contributed by atoms with Gasteiger partial charge in [-0.05, 0) is 49.2 Å². The molecule has 3 aromatic carbocycles. The van der Waals surface area contributed by atoms with E-state index >= 15 is 0 Å². The summed E-state index contributed by atoms with van der Waals surface area (Å²) < 4.78 is 7.94. The molecule has 0 saturated carbocycles. The first-order chi connectivity index (χ1) is 15.6. The molecular weight excluding hydrogens is 420 g/mol. The molecule has 0 aliphatic heterocycles. The Morgan fingerprint density at radius 2 is 1.59 bits per heavy atom. The maximum atomic E-state index is 12.5. The Balaban J connectivity index is 1.51. The number of anilines is 1. The van der Waals surface area contributed by atoms with Gasteiger partial charge in [-0.3, -0.25) is 9.36 Å². The molecule has 0 aliphatic carbocycles. The van der Waals surface area contributed by atoms with Crippen molar-refractivity contribution < 1.29 is 9.53 Å². The van der Waals surface area contributed by atoms with Gasteiger partial charge in [-0.1, -0.05) is 66.4 Å². The van der Waals surface area contributed by atoms with Crippen molar-refractivity contribution in [1.29, 1.82) is 0 Å². The molecule has 4 aromatic rings. The number of para-hydroxylation sites is 3. The maximum Gasteiger partial charge on any atom is 0.234 e. The van der Waals surface area contributed by atoms with E-state index in [4.69, 9.17) is 4.74 Å². The van der Waals surface area contributed by atoms with Gasteiger partial charge in [-0.15, -0.1) is 10.2 Å². The van der Waals surface area contributed by atoms with Crippen LogP contribution < -0.4 is 10.1 Å². The molecule has 0 atom stereocenters. The number of hydrogen-bond acceptors (Lipinski definition) is 5. The zero-order valence-corrected chi connectivity index (χ0v) is 18.8. The zero-order valence-electron chi connectivity index (χ0n) is 18.0. The summed E-state index contributed by atoms with van der Waals surface area (Å²) in [5.74, 6) is 1.60. The van der Waals surface area contributed by atoms with Crippen molar-refractivity contribution in [2.24, 2.45) is 0 Å². The van der Waals surface area contributed by atoms with E-state index in [0.717, 1.165) is 28.3 Å². The molecule has 1 heterocycles. The summed E-state index contributed by atoms with van der Waals surface area (Å²) >= 11 is 1.34. The third-order valence-corrected chi connectivity index (χ3v) is 5.85. The number of benzene rings is 3. The second-order valence-corrected chi connectivity index (χ2v) is 8.22. The monoisotopic (exact) mass is 444 g/mol. The van der Waals surface area contributed by atoms with Crippen LogP contribution in [-0.4, -0.2) is 26.4 Å². The second kappa shape index (κ2) is 10.2. The molecule has 162 valence electrons. The Bertz CT molecular complexity index is 1210. The number of aryl methyl sites for hydroxylation is 2. The summed E-state index contributed by atoms with van der Waals surface area (Å²) in [5, 5.41) is 12.3. The Hall–Kier alpha value is -3.58. The van der Waals surface area contributed by atoms with Crippen molar-refractivity contribution in [2.45, 2.75) is 25.6 Å². The molecule has 4 rings (SSSR count). The SMILES string of the molecule is Cc1ccccc1NC(=O)CSc1nnc(COc2ccccc2C)n1-c1ccccc1. The van der Waals surface area contributed by atoms with Gasteiger partial charge < -0.3 is 10.1 Å². The molecule has 0 unspecified atom stereocenters. The number of carbonyl (C=O) groups excluding carboxylic acids is 1. The molecule has 0 aliphatic rings. The van der Waals surface area contributed by atoms with Gasteiger partial charge in [0.05, 0.1) is 5.75 Å². The lowest BCUT2D eigenvalue weighted by molar-refractivity contribution is -0.113. The molecule has 0 spiro atoms. The molecule has 0 fully saturated rings. The lowest BCUT2D eigenvalue weighted by Crippen LogP contribution is -2.15. The molecule has 1 N–H and O–H groups in total. The first-order valence-corrected chi connectivity index (χ1v) is 11.3. The number of thioether (sulfide) groups is 1. The minimum absolute atomic E-state index is 0.0929. The minimum Gasteiger partial charge on any atom is -0.485 e. The van der Waals surface area contributed by atoms with Crippen LogP contribution in [0, 0.1) is 13.8 Å². The number of amides is 1. The average molecular weight is 445 g/mol. The van der Waals surface area contributed by atoms with Crippen LogP contribution >= 0.6 is 11.8 Å². The summed E-state index contributed by atoms with van der Waals surface area (Å²) in [6.45, 7) is 4.24. The summed E-state index contributed by atoms with van der Waals surface area (Å²) in [7, 11) is 0. The van der Waals surface area contributed by atoms with Crippen molar-refractivity contribution >= 4 is 23.4 Å². The Morgan fingerprint density at radius 1 is 0.906 bits per heavy atom. The van der Waals surface area contributed by atoms with Crippen LogP contribution in [0.25, 0.3) is 5.69 Å². The van der Waals surface area contributed by atoms with Gasteiger partial charge in [0.15, 0.2) is 11.0 Å². The van der Waals surface area contributed by atoms with E-state index in [1.54, 1.807) is 0 Å². The summed E-state index contributed by atoms with van der Waals surface area (Å²) in [5.41, 5.74) is 3.81. The first kappa shape index (κ1) is 21.6. The summed E-state index contributed by atoms with van der Waals surface area (Å²) in [6.07, 6.45) is 0. The summed E-state index contributed by atoms with van der Waals surface area (Å²) in [6, 6.07) is 25.4. The lowest BCUT2D eigenvalue weighted by Gasteiger charge is -2.12. The van der Waals surface area contributed by atoms with Crippen LogP contribution in [-0.2, 0) is 11.4 Å². The van der Waals surface area contributed by atoms with Gasteiger partial charge in [-0.2, -0.15) is 0 Å². The van der Waals surface area contributed by atoms with Gasteiger partial charge >= 0.3 is 0 Å². The Labute approximate surface area is 191 Å². The zero-order chi connectivity index (χ0) is 22.3. The number of hydrogen-bond donors (Lipinski definition) is 1. The predicted molar refractivity (Wildman–Crippen MR) is 127 cm³/mol. The molecule has 0 bridgehead atoms. The van der Waals surface area contributed by atoms with Gasteiger partial charge in [-0.25, -0.2) is 0 Å². The van der Waals surface area contributed by atoms with Gasteiger partial charge in [0.25, 0.3) is 0 Å². The highest BCUT2D eigenvalue weighted by Gasteiger charge is 2.17. The molecule has 1 aromatic heterocycles. The fourth-order valence-corrected chi connectivity index (χ4v) is 3.98. The van der Waals surface area contributed by atoms with Crippen molar-refractivity contribution in [2.75, 3.05) is 11.1 Å². The molecule has 0 saturated heterocycles. The smallest absolute Gasteiger partial charge is 0.234 e. The van der Waals surface area contributed by atoms with Crippen LogP contribution in [0.15, 0.2) is 84.0 Å². The molecule has 7 heteroatoms. The van der Waals surface area contributed by atoms with E-state index in [9.17, 15) is 4.79 Å². The normalized spacial score (nSPS) is 10.7. The Kier molecular flexibility index (Phi) is 6.87. The van der Waals surface area contributed by atoms with E-state index in [2.05, 4.69) is 15.5 Å². The van der Waals surface area contributed by atoms with Crippen LogP contribution in [0.5, 0.6) is 5.75 Å². The van der Waals surface area contributed by atoms with E-state index in [-0.39, 0.29) is 18.3 Å². The highest BCUT2D eigenvalue weighted by Crippen LogP contribution is 2.24. The Morgan fingerprint density at radius 3 is 2.34 bits per heavy atom. The fraction of sp³-hybridized carbons (Fsp3) is 0.160. The number of nitrogens with one attached hydrogen (secondary N) is 1. The summed E-state index contributed by atoms with van der Waals surface area (Å²) in [4.78, 5) is 12.5.